The van der Waals surface area contributed by atoms with Crippen LogP contribution in [0.4, 0.5) is 0 Å². The van der Waals surface area contributed by atoms with Crippen molar-refractivity contribution in [2.75, 3.05) is 13.1 Å². The predicted molar refractivity (Wildman–Crippen MR) is 40.9 cm³/mol. The number of halogens is 1. The van der Waals surface area contributed by atoms with Gasteiger partial charge in [0.05, 0.1) is 0 Å². The number of rotatable bonds is 3. The van der Waals surface area contributed by atoms with E-state index in [2.05, 4.69) is 12.2 Å². The Bertz CT molecular complexity index is 79.0. The normalized spacial score (nSPS) is 34.0. The van der Waals surface area contributed by atoms with Crippen molar-refractivity contribution in [3.63, 3.8) is 0 Å². The van der Waals surface area contributed by atoms with Crippen LogP contribution < -0.4 is 5.32 Å². The van der Waals surface area contributed by atoms with E-state index >= 15 is 0 Å². The molecule has 0 bridgehead atoms. The third kappa shape index (κ3) is 2.15. The van der Waals surface area contributed by atoms with Crippen LogP contribution in [0.15, 0.2) is 0 Å². The van der Waals surface area contributed by atoms with Gasteiger partial charge in [0.2, 0.25) is 0 Å². The van der Waals surface area contributed by atoms with E-state index in [1.54, 1.807) is 0 Å². The Morgan fingerprint density at radius 1 is 1.56 bits per heavy atom. The molecule has 0 aromatic rings. The molecular weight excluding hydrogens is 134 g/mol. The second-order valence-corrected chi connectivity index (χ2v) is 3.36. The molecule has 2 heteroatoms. The molecule has 0 atom stereocenters. The molecule has 0 aliphatic heterocycles. The van der Waals surface area contributed by atoms with E-state index in [4.69, 9.17) is 11.6 Å². The summed E-state index contributed by atoms with van der Waals surface area (Å²) in [6.45, 7) is 4.39. The molecule has 54 valence electrons. The molecule has 1 aliphatic carbocycles. The molecule has 0 radical (unpaired) electrons. The van der Waals surface area contributed by atoms with E-state index in [-0.39, 0.29) is 0 Å². The van der Waals surface area contributed by atoms with Crippen LogP contribution in [0, 0.1) is 5.92 Å². The van der Waals surface area contributed by atoms with Crippen molar-refractivity contribution in [2.24, 2.45) is 5.92 Å². The van der Waals surface area contributed by atoms with Gasteiger partial charge >= 0.3 is 0 Å². The lowest BCUT2D eigenvalue weighted by molar-refractivity contribution is 0.311. The van der Waals surface area contributed by atoms with E-state index in [0.29, 0.717) is 5.38 Å². The molecule has 1 nitrogen and oxygen atoms in total. The molecule has 0 amide bonds. The maximum absolute atomic E-state index is 5.79. The SMILES string of the molecule is CCNCC1CC(Cl)C1. The highest BCUT2D eigenvalue weighted by Crippen LogP contribution is 2.30. The minimum Gasteiger partial charge on any atom is -0.317 e. The second-order valence-electron chi connectivity index (χ2n) is 2.74. The van der Waals surface area contributed by atoms with Gasteiger partial charge in [-0.15, -0.1) is 11.6 Å². The summed E-state index contributed by atoms with van der Waals surface area (Å²) in [5.41, 5.74) is 0. The monoisotopic (exact) mass is 147 g/mol. The van der Waals surface area contributed by atoms with Crippen LogP contribution in [-0.2, 0) is 0 Å². The van der Waals surface area contributed by atoms with Crippen molar-refractivity contribution in [3.8, 4) is 0 Å². The maximum atomic E-state index is 5.79. The van der Waals surface area contributed by atoms with Crippen molar-refractivity contribution in [3.05, 3.63) is 0 Å². The first-order valence-electron chi connectivity index (χ1n) is 3.67. The lowest BCUT2D eigenvalue weighted by atomic mass is 9.85. The Balaban J connectivity index is 1.91. The van der Waals surface area contributed by atoms with E-state index in [1.165, 1.54) is 19.4 Å². The molecule has 1 rings (SSSR count). The largest absolute Gasteiger partial charge is 0.317 e. The predicted octanol–water partition coefficient (Wildman–Crippen LogP) is 1.61. The van der Waals surface area contributed by atoms with Crippen LogP contribution in [-0.4, -0.2) is 18.5 Å². The average Bonchev–Trinajstić information content (AvgIpc) is 1.78. The Labute approximate surface area is 61.8 Å². The highest BCUT2D eigenvalue weighted by molar-refractivity contribution is 6.21. The van der Waals surface area contributed by atoms with Gasteiger partial charge in [-0.05, 0) is 31.8 Å². The fourth-order valence-electron chi connectivity index (χ4n) is 1.17. The Morgan fingerprint density at radius 3 is 2.67 bits per heavy atom. The molecule has 0 aromatic heterocycles. The highest BCUT2D eigenvalue weighted by Gasteiger charge is 2.25. The molecule has 0 saturated heterocycles. The van der Waals surface area contributed by atoms with E-state index in [0.717, 1.165) is 12.5 Å². The third-order valence-corrected chi connectivity index (χ3v) is 2.22. The zero-order valence-electron chi connectivity index (χ0n) is 5.86. The quantitative estimate of drug-likeness (QED) is 0.599. The van der Waals surface area contributed by atoms with E-state index < -0.39 is 0 Å². The summed E-state index contributed by atoms with van der Waals surface area (Å²) in [6, 6.07) is 0. The zero-order chi connectivity index (χ0) is 6.69. The second kappa shape index (κ2) is 3.43. The molecule has 0 unspecified atom stereocenters. The van der Waals surface area contributed by atoms with E-state index in [9.17, 15) is 0 Å². The standard InChI is InChI=1S/C7H14ClN/c1-2-9-5-6-3-7(8)4-6/h6-7,9H,2-5H2,1H3. The van der Waals surface area contributed by atoms with Crippen molar-refractivity contribution in [1.82, 2.24) is 5.32 Å². The number of alkyl halides is 1. The Morgan fingerprint density at radius 2 is 2.22 bits per heavy atom. The van der Waals surface area contributed by atoms with Gasteiger partial charge in [-0.2, -0.15) is 0 Å². The molecule has 1 aliphatic rings. The summed E-state index contributed by atoms with van der Waals surface area (Å²) < 4.78 is 0. The fourth-order valence-corrected chi connectivity index (χ4v) is 1.67. The lowest BCUT2D eigenvalue weighted by Gasteiger charge is -2.30. The smallest absolute Gasteiger partial charge is 0.0342 e. The van der Waals surface area contributed by atoms with Crippen molar-refractivity contribution in [1.29, 1.82) is 0 Å². The summed E-state index contributed by atoms with van der Waals surface area (Å²) in [4.78, 5) is 0. The van der Waals surface area contributed by atoms with E-state index in [1.807, 2.05) is 0 Å². The first kappa shape index (κ1) is 7.36. The van der Waals surface area contributed by atoms with Crippen LogP contribution >= 0.6 is 11.6 Å². The van der Waals surface area contributed by atoms with Gasteiger partial charge in [-0.25, -0.2) is 0 Å². The van der Waals surface area contributed by atoms with Crippen molar-refractivity contribution >= 4 is 11.6 Å². The summed E-state index contributed by atoms with van der Waals surface area (Å²) in [7, 11) is 0. The van der Waals surface area contributed by atoms with Crippen LogP contribution in [0.2, 0.25) is 0 Å². The molecule has 9 heavy (non-hydrogen) atoms. The minimum absolute atomic E-state index is 0.480. The van der Waals surface area contributed by atoms with Gasteiger partial charge in [0.25, 0.3) is 0 Å². The summed E-state index contributed by atoms with van der Waals surface area (Å²) >= 11 is 5.79. The van der Waals surface area contributed by atoms with Crippen LogP contribution in [0.3, 0.4) is 0 Å². The first-order valence-corrected chi connectivity index (χ1v) is 4.11. The number of hydrogen-bond donors (Lipinski definition) is 1. The van der Waals surface area contributed by atoms with Crippen LogP contribution in [0.1, 0.15) is 19.8 Å². The Hall–Kier alpha value is 0.250. The third-order valence-electron chi connectivity index (χ3n) is 1.86. The molecule has 0 heterocycles. The highest BCUT2D eigenvalue weighted by atomic mass is 35.5. The fraction of sp³-hybridized carbons (Fsp3) is 1.00. The van der Waals surface area contributed by atoms with Gasteiger partial charge in [0.15, 0.2) is 0 Å². The van der Waals surface area contributed by atoms with Crippen LogP contribution in [0.25, 0.3) is 0 Å². The van der Waals surface area contributed by atoms with Gasteiger partial charge in [-0.3, -0.25) is 0 Å². The van der Waals surface area contributed by atoms with Crippen molar-refractivity contribution < 1.29 is 0 Å². The van der Waals surface area contributed by atoms with Crippen molar-refractivity contribution in [2.45, 2.75) is 25.1 Å². The minimum atomic E-state index is 0.480. The topological polar surface area (TPSA) is 12.0 Å². The first-order chi connectivity index (χ1) is 4.33. The van der Waals surface area contributed by atoms with Gasteiger partial charge in [0, 0.05) is 5.38 Å². The molecule has 1 N–H and O–H groups in total. The Kier molecular flexibility index (Phi) is 2.80. The average molecular weight is 148 g/mol. The molecule has 1 fully saturated rings. The molecular formula is C7H14ClN. The van der Waals surface area contributed by atoms with Gasteiger partial charge < -0.3 is 5.32 Å². The summed E-state index contributed by atoms with van der Waals surface area (Å²) in [5.74, 6) is 0.868. The molecule has 0 aromatic carbocycles. The molecule has 0 spiro atoms. The maximum Gasteiger partial charge on any atom is 0.0342 e. The zero-order valence-corrected chi connectivity index (χ0v) is 6.62. The number of hydrogen-bond acceptors (Lipinski definition) is 1. The van der Waals surface area contributed by atoms with Gasteiger partial charge in [0.1, 0.15) is 0 Å². The van der Waals surface area contributed by atoms with Gasteiger partial charge in [-0.1, -0.05) is 6.92 Å². The lowest BCUT2D eigenvalue weighted by Crippen LogP contribution is -2.33. The number of nitrogens with one attached hydrogen (secondary N) is 1. The molecule has 1 saturated carbocycles. The van der Waals surface area contributed by atoms with Crippen LogP contribution in [0.5, 0.6) is 0 Å². The summed E-state index contributed by atoms with van der Waals surface area (Å²) in [5, 5.41) is 3.79. The summed E-state index contributed by atoms with van der Waals surface area (Å²) in [6.07, 6.45) is 2.43.